The van der Waals surface area contributed by atoms with E-state index in [1.54, 1.807) is 0 Å². The molecule has 1 unspecified atom stereocenters. The first-order valence-corrected chi connectivity index (χ1v) is 16.0. The van der Waals surface area contributed by atoms with E-state index in [1.807, 2.05) is 12.1 Å². The van der Waals surface area contributed by atoms with Gasteiger partial charge in [0.25, 0.3) is 0 Å². The van der Waals surface area contributed by atoms with Gasteiger partial charge in [-0.05, 0) is 67.4 Å². The van der Waals surface area contributed by atoms with Crippen LogP contribution in [0.2, 0.25) is 0 Å². The predicted octanol–water partition coefficient (Wildman–Crippen LogP) is 4.69. The molecule has 1 N–H and O–H groups in total. The number of nitrogens with zero attached hydrogens (tertiary/aromatic N) is 1. The molecule has 4 nitrogen and oxygen atoms in total. The van der Waals surface area contributed by atoms with Gasteiger partial charge in [-0.15, -0.1) is 0 Å². The van der Waals surface area contributed by atoms with Crippen molar-refractivity contribution in [1.29, 1.82) is 0 Å². The lowest BCUT2D eigenvalue weighted by Gasteiger charge is -2.29. The Labute approximate surface area is 233 Å². The Balaban J connectivity index is 1.34. The minimum Gasteiger partial charge on any atom is -0.490 e. The van der Waals surface area contributed by atoms with Crippen LogP contribution in [0, 0.1) is 0 Å². The van der Waals surface area contributed by atoms with Crippen LogP contribution in [-0.2, 0) is 11.2 Å². The standard InChI is InChI=1S/C34H39NO3P/c36-30(27-38-34-21-11-10-13-29(34)14-12-22-35-23-25-37-26-24-35)28-39(31-15-4-1-5-16-31,32-17-6-2-7-18-32)33-19-8-3-9-20-33/h1-11,13,15-21,30,36H,12,14,22-28H2/q+1. The molecule has 1 atom stereocenters. The molecule has 1 aliphatic rings. The highest BCUT2D eigenvalue weighted by Crippen LogP contribution is 2.55. The first kappa shape index (κ1) is 27.6. The van der Waals surface area contributed by atoms with Crippen LogP contribution in [0.25, 0.3) is 0 Å². The number of benzene rings is 4. The van der Waals surface area contributed by atoms with Crippen molar-refractivity contribution in [2.24, 2.45) is 0 Å². The molecule has 0 saturated carbocycles. The number of hydrogen-bond acceptors (Lipinski definition) is 4. The molecule has 5 heteroatoms. The van der Waals surface area contributed by atoms with E-state index in [9.17, 15) is 5.11 Å². The van der Waals surface area contributed by atoms with Crippen molar-refractivity contribution in [3.05, 3.63) is 121 Å². The number of morpholine rings is 1. The molecule has 39 heavy (non-hydrogen) atoms. The summed E-state index contributed by atoms with van der Waals surface area (Å²) in [5, 5.41) is 15.4. The molecule has 0 aromatic heterocycles. The van der Waals surface area contributed by atoms with Gasteiger partial charge in [-0.3, -0.25) is 4.90 Å². The van der Waals surface area contributed by atoms with E-state index < -0.39 is 13.4 Å². The Morgan fingerprint density at radius 3 is 1.79 bits per heavy atom. The molecule has 0 bridgehead atoms. The van der Waals surface area contributed by atoms with Crippen LogP contribution in [0.1, 0.15) is 12.0 Å². The molecule has 0 radical (unpaired) electrons. The molecule has 5 rings (SSSR count). The molecule has 0 aliphatic carbocycles. The van der Waals surface area contributed by atoms with E-state index in [4.69, 9.17) is 9.47 Å². The number of ether oxygens (including phenoxy) is 2. The van der Waals surface area contributed by atoms with Gasteiger partial charge in [-0.25, -0.2) is 0 Å². The zero-order valence-corrected chi connectivity index (χ0v) is 23.5. The van der Waals surface area contributed by atoms with Crippen LogP contribution < -0.4 is 20.7 Å². The minimum absolute atomic E-state index is 0.259. The van der Waals surface area contributed by atoms with Gasteiger partial charge in [0, 0.05) is 13.1 Å². The summed E-state index contributed by atoms with van der Waals surface area (Å²) in [4.78, 5) is 2.47. The third-order valence-corrected chi connectivity index (χ3v) is 12.0. The van der Waals surface area contributed by atoms with Crippen molar-refractivity contribution in [3.8, 4) is 5.75 Å². The maximum atomic E-state index is 11.6. The molecule has 1 saturated heterocycles. The minimum atomic E-state index is -2.12. The van der Waals surface area contributed by atoms with Crippen molar-refractivity contribution in [3.63, 3.8) is 0 Å². The van der Waals surface area contributed by atoms with Gasteiger partial charge in [0.2, 0.25) is 0 Å². The van der Waals surface area contributed by atoms with Crippen molar-refractivity contribution >= 4 is 23.2 Å². The van der Waals surface area contributed by atoms with Gasteiger partial charge in [0.15, 0.2) is 0 Å². The first-order valence-electron chi connectivity index (χ1n) is 14.0. The quantitative estimate of drug-likeness (QED) is 0.265. The summed E-state index contributed by atoms with van der Waals surface area (Å²) in [5.74, 6) is 0.876. The molecule has 4 aromatic rings. The van der Waals surface area contributed by atoms with E-state index in [2.05, 4.69) is 108 Å². The zero-order chi connectivity index (χ0) is 26.8. The highest BCUT2D eigenvalue weighted by atomic mass is 31.2. The lowest BCUT2D eigenvalue weighted by molar-refractivity contribution is 0.0374. The van der Waals surface area contributed by atoms with Crippen LogP contribution in [0.3, 0.4) is 0 Å². The van der Waals surface area contributed by atoms with Gasteiger partial charge >= 0.3 is 0 Å². The average Bonchev–Trinajstić information content (AvgIpc) is 3.01. The summed E-state index contributed by atoms with van der Waals surface area (Å²) < 4.78 is 11.8. The van der Waals surface area contributed by atoms with Gasteiger partial charge in [0.1, 0.15) is 47.8 Å². The van der Waals surface area contributed by atoms with Gasteiger partial charge in [0.05, 0.1) is 13.2 Å². The summed E-state index contributed by atoms with van der Waals surface area (Å²) in [7, 11) is -2.12. The van der Waals surface area contributed by atoms with Crippen molar-refractivity contribution in [2.45, 2.75) is 18.9 Å². The van der Waals surface area contributed by atoms with E-state index in [1.165, 1.54) is 21.5 Å². The number of para-hydroxylation sites is 1. The van der Waals surface area contributed by atoms with Crippen molar-refractivity contribution in [1.82, 2.24) is 4.90 Å². The maximum absolute atomic E-state index is 11.6. The fourth-order valence-electron chi connectivity index (χ4n) is 5.53. The molecule has 1 heterocycles. The van der Waals surface area contributed by atoms with Crippen LogP contribution in [0.4, 0.5) is 0 Å². The summed E-state index contributed by atoms with van der Waals surface area (Å²) in [6.45, 7) is 5.01. The van der Waals surface area contributed by atoms with Crippen LogP contribution in [-0.4, -0.2) is 61.7 Å². The summed E-state index contributed by atoms with van der Waals surface area (Å²) in [6.07, 6.45) is 2.02. The van der Waals surface area contributed by atoms with Gasteiger partial charge in [-0.2, -0.15) is 0 Å². The summed E-state index contributed by atoms with van der Waals surface area (Å²) in [6, 6.07) is 40.3. The molecular weight excluding hydrogens is 501 g/mol. The number of aliphatic hydroxyl groups is 1. The number of aryl methyl sites for hydroxylation is 1. The summed E-state index contributed by atoms with van der Waals surface area (Å²) >= 11 is 0. The van der Waals surface area contributed by atoms with E-state index >= 15 is 0 Å². The van der Waals surface area contributed by atoms with Crippen molar-refractivity contribution < 1.29 is 14.6 Å². The molecule has 0 amide bonds. The SMILES string of the molecule is OC(COc1ccccc1CCCN1CCOCC1)C[P+](c1ccccc1)(c1ccccc1)c1ccccc1. The third kappa shape index (κ3) is 6.96. The van der Waals surface area contributed by atoms with Gasteiger partial charge < -0.3 is 14.6 Å². The third-order valence-electron chi connectivity index (χ3n) is 7.50. The fraction of sp³-hybridized carbons (Fsp3) is 0.294. The number of hydrogen-bond donors (Lipinski definition) is 1. The Bertz CT molecular complexity index is 1170. The largest absolute Gasteiger partial charge is 0.490 e. The highest BCUT2D eigenvalue weighted by molar-refractivity contribution is 7.95. The van der Waals surface area contributed by atoms with Crippen LogP contribution in [0.5, 0.6) is 5.75 Å². The molecular formula is C34H39NO3P+. The Morgan fingerprint density at radius 2 is 1.23 bits per heavy atom. The lowest BCUT2D eigenvalue weighted by Crippen LogP contribution is -2.38. The van der Waals surface area contributed by atoms with Gasteiger partial charge in [-0.1, -0.05) is 72.8 Å². The second kappa shape index (κ2) is 13.9. The number of aliphatic hydroxyl groups excluding tert-OH is 1. The molecule has 202 valence electrons. The van der Waals surface area contributed by atoms with E-state index in [-0.39, 0.29) is 6.61 Å². The van der Waals surface area contributed by atoms with Crippen molar-refractivity contribution in [2.75, 3.05) is 45.6 Å². The fourth-order valence-corrected chi connectivity index (χ4v) is 9.84. The highest BCUT2D eigenvalue weighted by Gasteiger charge is 2.47. The maximum Gasteiger partial charge on any atom is 0.123 e. The van der Waals surface area contributed by atoms with E-state index in [0.717, 1.165) is 51.4 Å². The monoisotopic (exact) mass is 540 g/mol. The normalized spacial score (nSPS) is 15.1. The lowest BCUT2D eigenvalue weighted by atomic mass is 10.1. The molecule has 1 fully saturated rings. The van der Waals surface area contributed by atoms with Crippen LogP contribution in [0.15, 0.2) is 115 Å². The zero-order valence-electron chi connectivity index (χ0n) is 22.6. The Morgan fingerprint density at radius 1 is 0.718 bits per heavy atom. The number of rotatable bonds is 12. The smallest absolute Gasteiger partial charge is 0.123 e. The van der Waals surface area contributed by atoms with E-state index in [0.29, 0.717) is 6.16 Å². The molecule has 0 spiro atoms. The summed E-state index contributed by atoms with van der Waals surface area (Å²) in [5.41, 5.74) is 1.20. The average molecular weight is 541 g/mol. The predicted molar refractivity (Wildman–Crippen MR) is 164 cm³/mol. The Kier molecular flexibility index (Phi) is 9.80. The first-order chi connectivity index (χ1) is 19.3. The molecule has 4 aromatic carbocycles. The Hall–Kier alpha value is -3.01. The second-order valence-electron chi connectivity index (χ2n) is 10.1. The second-order valence-corrected chi connectivity index (χ2v) is 13.7. The van der Waals surface area contributed by atoms with Crippen LogP contribution >= 0.6 is 7.26 Å². The molecule has 1 aliphatic heterocycles. The topological polar surface area (TPSA) is 41.9 Å².